The van der Waals surface area contributed by atoms with Crippen molar-refractivity contribution in [3.05, 3.63) is 57.9 Å². The van der Waals surface area contributed by atoms with Crippen LogP contribution < -0.4 is 9.47 Å². The molecule has 144 valence electrons. The number of ether oxygens (including phenoxy) is 2. The van der Waals surface area contributed by atoms with Crippen LogP contribution in [0.1, 0.15) is 41.4 Å². The minimum Gasteiger partial charge on any atom is -0.493 e. The lowest BCUT2D eigenvalue weighted by atomic mass is 9.85. The molecule has 2 aromatic carbocycles. The highest BCUT2D eigenvalue weighted by Crippen LogP contribution is 2.42. The Morgan fingerprint density at radius 3 is 2.48 bits per heavy atom. The molecular formula is C21H23ClFNO3. The number of carbonyl (C=O) groups excluding carboxylic acids is 1. The van der Waals surface area contributed by atoms with Gasteiger partial charge in [0.15, 0.2) is 11.5 Å². The van der Waals surface area contributed by atoms with Crippen molar-refractivity contribution in [3.63, 3.8) is 0 Å². The Bertz CT molecular complexity index is 848. The molecule has 4 nitrogen and oxygen atoms in total. The highest BCUT2D eigenvalue weighted by Gasteiger charge is 2.36. The molecule has 3 rings (SSSR count). The van der Waals surface area contributed by atoms with Gasteiger partial charge in [0.05, 0.1) is 30.8 Å². The maximum Gasteiger partial charge on any atom is 0.258 e. The summed E-state index contributed by atoms with van der Waals surface area (Å²) in [7, 11) is 3.18. The monoisotopic (exact) mass is 391 g/mol. The number of methoxy groups -OCH3 is 2. The average molecular weight is 392 g/mol. The lowest BCUT2D eigenvalue weighted by Gasteiger charge is -2.40. The van der Waals surface area contributed by atoms with Gasteiger partial charge in [-0.1, -0.05) is 31.5 Å². The van der Waals surface area contributed by atoms with Crippen LogP contribution in [0.4, 0.5) is 4.39 Å². The van der Waals surface area contributed by atoms with Crippen LogP contribution in [-0.4, -0.2) is 31.6 Å². The first-order valence-corrected chi connectivity index (χ1v) is 9.26. The molecule has 1 unspecified atom stereocenters. The first-order valence-electron chi connectivity index (χ1n) is 8.88. The third-order valence-electron chi connectivity index (χ3n) is 4.99. The van der Waals surface area contributed by atoms with Crippen LogP contribution in [-0.2, 0) is 6.42 Å². The third kappa shape index (κ3) is 3.48. The van der Waals surface area contributed by atoms with Gasteiger partial charge in [-0.05, 0) is 47.7 Å². The molecule has 0 aliphatic carbocycles. The van der Waals surface area contributed by atoms with Crippen molar-refractivity contribution in [3.8, 4) is 11.5 Å². The summed E-state index contributed by atoms with van der Waals surface area (Å²) >= 11 is 6.13. The Labute approximate surface area is 163 Å². The van der Waals surface area contributed by atoms with Gasteiger partial charge >= 0.3 is 0 Å². The average Bonchev–Trinajstić information content (AvgIpc) is 2.65. The fourth-order valence-electron chi connectivity index (χ4n) is 3.77. The molecule has 0 bridgehead atoms. The normalized spacial score (nSPS) is 16.3. The minimum absolute atomic E-state index is 0.0752. The molecule has 1 aliphatic heterocycles. The maximum atomic E-state index is 14.3. The van der Waals surface area contributed by atoms with Gasteiger partial charge in [-0.3, -0.25) is 4.79 Å². The molecule has 0 saturated heterocycles. The molecule has 27 heavy (non-hydrogen) atoms. The van der Waals surface area contributed by atoms with Gasteiger partial charge in [0.2, 0.25) is 0 Å². The number of rotatable bonds is 4. The Kier molecular flexibility index (Phi) is 5.61. The highest BCUT2D eigenvalue weighted by molar-refractivity contribution is 6.33. The van der Waals surface area contributed by atoms with E-state index in [0.717, 1.165) is 11.1 Å². The minimum atomic E-state index is -0.604. The maximum absolute atomic E-state index is 14.3. The van der Waals surface area contributed by atoms with E-state index in [0.29, 0.717) is 24.5 Å². The number of halogens is 2. The van der Waals surface area contributed by atoms with Crippen LogP contribution in [0.5, 0.6) is 11.5 Å². The molecule has 0 fully saturated rings. The standard InChI is InChI=1S/C21H23ClFNO3/c1-12(2)20-14-11-18(27-4)17(26-3)10-13(14)8-9-24(20)21(25)19-15(22)6-5-7-16(19)23/h5-7,10-12,20H,8-9H2,1-4H3. The van der Waals surface area contributed by atoms with E-state index < -0.39 is 11.7 Å². The zero-order chi connectivity index (χ0) is 19.7. The SMILES string of the molecule is COc1cc2c(cc1OC)C(C(C)C)N(C(=O)c1c(F)cccc1Cl)CC2. The summed E-state index contributed by atoms with van der Waals surface area (Å²) in [6.45, 7) is 4.56. The molecule has 1 aliphatic rings. The van der Waals surface area contributed by atoms with Crippen molar-refractivity contribution in [1.29, 1.82) is 0 Å². The van der Waals surface area contributed by atoms with Crippen molar-refractivity contribution >= 4 is 17.5 Å². The molecule has 0 radical (unpaired) electrons. The van der Waals surface area contributed by atoms with Crippen LogP contribution in [0.2, 0.25) is 5.02 Å². The van der Waals surface area contributed by atoms with E-state index in [1.807, 2.05) is 26.0 Å². The second-order valence-corrected chi connectivity index (χ2v) is 7.35. The van der Waals surface area contributed by atoms with Gasteiger partial charge in [-0.2, -0.15) is 0 Å². The van der Waals surface area contributed by atoms with Gasteiger partial charge in [0, 0.05) is 6.54 Å². The first kappa shape index (κ1) is 19.5. The summed E-state index contributed by atoms with van der Waals surface area (Å²) in [4.78, 5) is 14.9. The van der Waals surface area contributed by atoms with Crippen molar-refractivity contribution < 1.29 is 18.7 Å². The highest BCUT2D eigenvalue weighted by atomic mass is 35.5. The number of fused-ring (bicyclic) bond motifs is 1. The van der Waals surface area contributed by atoms with Gasteiger partial charge in [0.1, 0.15) is 5.82 Å². The van der Waals surface area contributed by atoms with Crippen molar-refractivity contribution in [1.82, 2.24) is 4.90 Å². The first-order chi connectivity index (χ1) is 12.9. The van der Waals surface area contributed by atoms with E-state index in [9.17, 15) is 9.18 Å². The molecule has 2 aromatic rings. The van der Waals surface area contributed by atoms with E-state index in [4.69, 9.17) is 21.1 Å². The summed E-state index contributed by atoms with van der Waals surface area (Å²) in [5, 5.41) is 0.126. The van der Waals surface area contributed by atoms with E-state index >= 15 is 0 Å². The van der Waals surface area contributed by atoms with Crippen LogP contribution in [0.3, 0.4) is 0 Å². The predicted molar refractivity (Wildman–Crippen MR) is 103 cm³/mol. The van der Waals surface area contributed by atoms with Gasteiger partial charge < -0.3 is 14.4 Å². The number of hydrogen-bond acceptors (Lipinski definition) is 3. The molecule has 0 saturated carbocycles. The Morgan fingerprint density at radius 1 is 1.22 bits per heavy atom. The molecule has 0 N–H and O–H groups in total. The number of hydrogen-bond donors (Lipinski definition) is 0. The molecule has 1 heterocycles. The van der Waals surface area contributed by atoms with Gasteiger partial charge in [0.25, 0.3) is 5.91 Å². The molecule has 1 amide bonds. The van der Waals surface area contributed by atoms with Crippen LogP contribution >= 0.6 is 11.6 Å². The number of nitrogens with zero attached hydrogens (tertiary/aromatic N) is 1. The van der Waals surface area contributed by atoms with Crippen LogP contribution in [0.15, 0.2) is 30.3 Å². The Balaban J connectivity index is 2.08. The lowest BCUT2D eigenvalue weighted by molar-refractivity contribution is 0.0598. The lowest BCUT2D eigenvalue weighted by Crippen LogP contribution is -2.42. The molecule has 6 heteroatoms. The quantitative estimate of drug-likeness (QED) is 0.744. The summed E-state index contributed by atoms with van der Waals surface area (Å²) < 4.78 is 25.2. The molecule has 1 atom stereocenters. The fourth-order valence-corrected chi connectivity index (χ4v) is 4.01. The molecular weight excluding hydrogens is 369 g/mol. The summed E-state index contributed by atoms with van der Waals surface area (Å²) in [6, 6.07) is 7.96. The summed E-state index contributed by atoms with van der Waals surface area (Å²) in [5.74, 6) is 0.401. The van der Waals surface area contributed by atoms with Crippen molar-refractivity contribution in [2.24, 2.45) is 5.92 Å². The van der Waals surface area contributed by atoms with Crippen LogP contribution in [0.25, 0.3) is 0 Å². The van der Waals surface area contributed by atoms with Crippen molar-refractivity contribution in [2.45, 2.75) is 26.3 Å². The molecule has 0 spiro atoms. The third-order valence-corrected chi connectivity index (χ3v) is 5.31. The number of carbonyl (C=O) groups is 1. The van der Waals surface area contributed by atoms with E-state index in [1.165, 1.54) is 18.2 Å². The smallest absolute Gasteiger partial charge is 0.258 e. The summed E-state index contributed by atoms with van der Waals surface area (Å²) in [6.07, 6.45) is 0.650. The van der Waals surface area contributed by atoms with E-state index in [-0.39, 0.29) is 22.5 Å². The Hall–Kier alpha value is -2.27. The largest absolute Gasteiger partial charge is 0.493 e. The van der Waals surface area contributed by atoms with Gasteiger partial charge in [-0.15, -0.1) is 0 Å². The Morgan fingerprint density at radius 2 is 1.89 bits per heavy atom. The van der Waals surface area contributed by atoms with E-state index in [1.54, 1.807) is 19.1 Å². The molecule has 0 aromatic heterocycles. The van der Waals surface area contributed by atoms with Crippen LogP contribution in [0, 0.1) is 11.7 Å². The van der Waals surface area contributed by atoms with Gasteiger partial charge in [-0.25, -0.2) is 4.39 Å². The predicted octanol–water partition coefficient (Wildman–Crippen LogP) is 4.89. The van der Waals surface area contributed by atoms with E-state index in [2.05, 4.69) is 0 Å². The zero-order valence-electron chi connectivity index (χ0n) is 15.9. The summed E-state index contributed by atoms with van der Waals surface area (Å²) in [5.41, 5.74) is 2.03. The second-order valence-electron chi connectivity index (χ2n) is 6.94. The number of benzene rings is 2. The topological polar surface area (TPSA) is 38.8 Å². The number of amides is 1. The zero-order valence-corrected chi connectivity index (χ0v) is 16.6. The van der Waals surface area contributed by atoms with Crippen molar-refractivity contribution in [2.75, 3.05) is 20.8 Å². The fraction of sp³-hybridized carbons (Fsp3) is 0.381. The second kappa shape index (κ2) is 7.77.